The van der Waals surface area contributed by atoms with Gasteiger partial charge in [-0.3, -0.25) is 0 Å². The van der Waals surface area contributed by atoms with Gasteiger partial charge in [0, 0.05) is 10.7 Å². The Morgan fingerprint density at radius 1 is 1.10 bits per heavy atom. The van der Waals surface area contributed by atoms with Crippen LogP contribution in [-0.2, 0) is 0 Å². The van der Waals surface area contributed by atoms with Crippen LogP contribution in [-0.4, -0.2) is 17.2 Å². The van der Waals surface area contributed by atoms with Crippen molar-refractivity contribution in [3.63, 3.8) is 0 Å². The molecule has 0 fully saturated rings. The quantitative estimate of drug-likeness (QED) is 0.808. The molecule has 2 atom stereocenters. The average molecular weight is 305 g/mol. The van der Waals surface area contributed by atoms with E-state index in [1.807, 2.05) is 30.3 Å². The van der Waals surface area contributed by atoms with E-state index >= 15 is 0 Å². The molecule has 2 aromatic carbocycles. The molecule has 2 amide bonds. The number of hydrogen-bond acceptors (Lipinski definition) is 2. The van der Waals surface area contributed by atoms with Gasteiger partial charge in [-0.15, -0.1) is 0 Å². The highest BCUT2D eigenvalue weighted by atomic mass is 35.5. The summed E-state index contributed by atoms with van der Waals surface area (Å²) in [5, 5.41) is 16.2. The number of carbonyl (C=O) groups excluding carboxylic acids is 1. The van der Waals surface area contributed by atoms with Crippen molar-refractivity contribution in [1.82, 2.24) is 5.32 Å². The summed E-state index contributed by atoms with van der Waals surface area (Å²) in [5.41, 5.74) is 1.40. The first-order valence-corrected chi connectivity index (χ1v) is 7.00. The number of amides is 2. The Labute approximate surface area is 128 Å². The number of aliphatic hydroxyl groups is 1. The Morgan fingerprint density at radius 3 is 2.33 bits per heavy atom. The summed E-state index contributed by atoms with van der Waals surface area (Å²) in [5.74, 6) is 0. The van der Waals surface area contributed by atoms with E-state index in [-0.39, 0.29) is 6.03 Å². The van der Waals surface area contributed by atoms with Crippen LogP contribution < -0.4 is 10.6 Å². The number of anilines is 1. The van der Waals surface area contributed by atoms with Gasteiger partial charge in [0.25, 0.3) is 0 Å². The molecule has 0 spiro atoms. The third kappa shape index (κ3) is 4.48. The molecule has 2 aromatic rings. The highest BCUT2D eigenvalue weighted by Gasteiger charge is 2.18. The zero-order valence-corrected chi connectivity index (χ0v) is 12.3. The SMILES string of the molecule is CC(NC(=O)Nc1ccc(Cl)cc1)C(O)c1ccccc1. The zero-order valence-electron chi connectivity index (χ0n) is 11.6. The lowest BCUT2D eigenvalue weighted by molar-refractivity contribution is 0.139. The van der Waals surface area contributed by atoms with Crippen LogP contribution in [0.5, 0.6) is 0 Å². The molecule has 2 unspecified atom stereocenters. The van der Waals surface area contributed by atoms with Crippen molar-refractivity contribution in [1.29, 1.82) is 0 Å². The Balaban J connectivity index is 1.91. The smallest absolute Gasteiger partial charge is 0.319 e. The predicted octanol–water partition coefficient (Wildman–Crippen LogP) is 3.58. The lowest BCUT2D eigenvalue weighted by Gasteiger charge is -2.20. The fraction of sp³-hybridized carbons (Fsp3) is 0.188. The Bertz CT molecular complexity index is 587. The van der Waals surface area contributed by atoms with Crippen LogP contribution >= 0.6 is 11.6 Å². The van der Waals surface area contributed by atoms with Crippen molar-refractivity contribution in [3.05, 3.63) is 65.2 Å². The largest absolute Gasteiger partial charge is 0.386 e. The maximum atomic E-state index is 11.9. The molecule has 5 heteroatoms. The number of halogens is 1. The predicted molar refractivity (Wildman–Crippen MR) is 84.5 cm³/mol. The minimum absolute atomic E-state index is 0.375. The second kappa shape index (κ2) is 7.11. The monoisotopic (exact) mass is 304 g/mol. The van der Waals surface area contributed by atoms with Crippen LogP contribution in [0.4, 0.5) is 10.5 Å². The van der Waals surface area contributed by atoms with Crippen molar-refractivity contribution in [2.75, 3.05) is 5.32 Å². The van der Waals surface area contributed by atoms with E-state index in [0.29, 0.717) is 10.7 Å². The lowest BCUT2D eigenvalue weighted by Crippen LogP contribution is -2.39. The van der Waals surface area contributed by atoms with Gasteiger partial charge in [0.2, 0.25) is 0 Å². The average Bonchev–Trinajstić information content (AvgIpc) is 2.49. The van der Waals surface area contributed by atoms with E-state index in [4.69, 9.17) is 11.6 Å². The van der Waals surface area contributed by atoms with E-state index in [1.54, 1.807) is 31.2 Å². The molecule has 0 radical (unpaired) electrons. The molecule has 110 valence electrons. The van der Waals surface area contributed by atoms with Crippen molar-refractivity contribution < 1.29 is 9.90 Å². The van der Waals surface area contributed by atoms with Crippen LogP contribution in [0.2, 0.25) is 5.02 Å². The third-order valence-electron chi connectivity index (χ3n) is 3.08. The van der Waals surface area contributed by atoms with Crippen LogP contribution in [0, 0.1) is 0 Å². The van der Waals surface area contributed by atoms with Crippen LogP contribution in [0.15, 0.2) is 54.6 Å². The summed E-state index contributed by atoms with van der Waals surface area (Å²) < 4.78 is 0. The summed E-state index contributed by atoms with van der Waals surface area (Å²) in [6, 6.07) is 15.2. The number of benzene rings is 2. The van der Waals surface area contributed by atoms with E-state index in [0.717, 1.165) is 5.56 Å². The highest BCUT2D eigenvalue weighted by molar-refractivity contribution is 6.30. The Hall–Kier alpha value is -2.04. The van der Waals surface area contributed by atoms with Crippen LogP contribution in [0.25, 0.3) is 0 Å². The maximum absolute atomic E-state index is 11.9. The molecule has 21 heavy (non-hydrogen) atoms. The van der Waals surface area contributed by atoms with Gasteiger partial charge in [-0.05, 0) is 36.8 Å². The van der Waals surface area contributed by atoms with Crippen molar-refractivity contribution in [2.45, 2.75) is 19.1 Å². The molecule has 0 aromatic heterocycles. The molecule has 2 rings (SSSR count). The molecule has 4 nitrogen and oxygen atoms in total. The van der Waals surface area contributed by atoms with Gasteiger partial charge in [-0.25, -0.2) is 4.79 Å². The maximum Gasteiger partial charge on any atom is 0.319 e. The fourth-order valence-electron chi connectivity index (χ4n) is 1.93. The molecular weight excluding hydrogens is 288 g/mol. The van der Waals surface area contributed by atoms with E-state index < -0.39 is 12.1 Å². The summed E-state index contributed by atoms with van der Waals surface area (Å²) >= 11 is 5.78. The summed E-state index contributed by atoms with van der Waals surface area (Å²) in [6.07, 6.45) is -0.762. The number of aliphatic hydroxyl groups excluding tert-OH is 1. The van der Waals surface area contributed by atoms with Gasteiger partial charge in [0.1, 0.15) is 0 Å². The van der Waals surface area contributed by atoms with E-state index in [1.165, 1.54) is 0 Å². The molecule has 0 aliphatic carbocycles. The van der Waals surface area contributed by atoms with Crippen LogP contribution in [0.3, 0.4) is 0 Å². The summed E-state index contributed by atoms with van der Waals surface area (Å²) in [7, 11) is 0. The number of rotatable bonds is 4. The molecule has 0 saturated heterocycles. The van der Waals surface area contributed by atoms with Crippen molar-refractivity contribution in [3.8, 4) is 0 Å². The first-order chi connectivity index (χ1) is 10.1. The second-order valence-corrected chi connectivity index (χ2v) is 5.19. The van der Waals surface area contributed by atoms with Gasteiger partial charge in [0.15, 0.2) is 0 Å². The molecular formula is C16H17ClN2O2. The van der Waals surface area contributed by atoms with Crippen molar-refractivity contribution >= 4 is 23.3 Å². The summed E-state index contributed by atoms with van der Waals surface area (Å²) in [4.78, 5) is 11.9. The number of urea groups is 1. The molecule has 3 N–H and O–H groups in total. The molecule has 0 saturated carbocycles. The standard InChI is InChI=1S/C16H17ClN2O2/c1-11(15(20)12-5-3-2-4-6-12)18-16(21)19-14-9-7-13(17)8-10-14/h2-11,15,20H,1H3,(H2,18,19,21). The Morgan fingerprint density at radius 2 is 1.71 bits per heavy atom. The fourth-order valence-corrected chi connectivity index (χ4v) is 2.05. The lowest BCUT2D eigenvalue weighted by atomic mass is 10.0. The van der Waals surface area contributed by atoms with Gasteiger partial charge in [-0.1, -0.05) is 41.9 Å². The summed E-state index contributed by atoms with van der Waals surface area (Å²) in [6.45, 7) is 1.75. The Kier molecular flexibility index (Phi) is 5.20. The first-order valence-electron chi connectivity index (χ1n) is 6.62. The molecule has 0 heterocycles. The van der Waals surface area contributed by atoms with Crippen LogP contribution in [0.1, 0.15) is 18.6 Å². The van der Waals surface area contributed by atoms with Gasteiger partial charge in [0.05, 0.1) is 12.1 Å². The van der Waals surface area contributed by atoms with E-state index in [2.05, 4.69) is 10.6 Å². The van der Waals surface area contributed by atoms with Crippen molar-refractivity contribution in [2.24, 2.45) is 0 Å². The minimum Gasteiger partial charge on any atom is -0.386 e. The van der Waals surface area contributed by atoms with E-state index in [9.17, 15) is 9.90 Å². The van der Waals surface area contributed by atoms with Gasteiger partial charge >= 0.3 is 6.03 Å². The third-order valence-corrected chi connectivity index (χ3v) is 3.33. The highest BCUT2D eigenvalue weighted by Crippen LogP contribution is 2.17. The molecule has 0 aliphatic heterocycles. The van der Waals surface area contributed by atoms with Gasteiger partial charge < -0.3 is 15.7 Å². The zero-order chi connectivity index (χ0) is 15.2. The minimum atomic E-state index is -0.762. The number of hydrogen-bond donors (Lipinski definition) is 3. The normalized spacial score (nSPS) is 13.3. The molecule has 0 bridgehead atoms. The second-order valence-electron chi connectivity index (χ2n) is 4.75. The topological polar surface area (TPSA) is 61.4 Å². The van der Waals surface area contributed by atoms with Gasteiger partial charge in [-0.2, -0.15) is 0 Å². The number of nitrogens with one attached hydrogen (secondary N) is 2. The molecule has 0 aliphatic rings. The number of carbonyl (C=O) groups is 1. The first kappa shape index (κ1) is 15.4.